The Morgan fingerprint density at radius 1 is 1.88 bits per heavy atom. The van der Waals surface area contributed by atoms with E-state index in [2.05, 4.69) is 0 Å². The maximum Gasteiger partial charge on any atom is 0.116 e. The van der Waals surface area contributed by atoms with E-state index < -0.39 is 0 Å². The number of ether oxygens (including phenoxy) is 2. The molecule has 8 heavy (non-hydrogen) atoms. The van der Waals surface area contributed by atoms with E-state index in [-0.39, 0.29) is 0 Å². The van der Waals surface area contributed by atoms with Crippen molar-refractivity contribution >= 4 is 0 Å². The third kappa shape index (κ3) is 1.98. The first-order chi connectivity index (χ1) is 3.93. The number of hydrogen-bond donors (Lipinski definition) is 0. The molecule has 0 spiro atoms. The van der Waals surface area contributed by atoms with Gasteiger partial charge in [-0.1, -0.05) is 6.08 Å². The fourth-order valence-electron chi connectivity index (χ4n) is 0.423. The smallest absolute Gasteiger partial charge is 0.116 e. The van der Waals surface area contributed by atoms with Gasteiger partial charge in [0.05, 0.1) is 12.9 Å². The van der Waals surface area contributed by atoms with Gasteiger partial charge < -0.3 is 9.47 Å². The Hall–Kier alpha value is -0.500. The minimum atomic E-state index is 0.381. The van der Waals surface area contributed by atoms with Crippen molar-refractivity contribution in [3.63, 3.8) is 0 Å². The van der Waals surface area contributed by atoms with Crippen molar-refractivity contribution in [1.82, 2.24) is 0 Å². The van der Waals surface area contributed by atoms with Crippen LogP contribution in [0.3, 0.4) is 0 Å². The third-order valence-electron chi connectivity index (χ3n) is 0.917. The molecular weight excluding hydrogens is 104 g/mol. The maximum absolute atomic E-state index is 5.00. The summed E-state index contributed by atoms with van der Waals surface area (Å²) in [5.74, 6) is 0. The Morgan fingerprint density at radius 3 is 3.12 bits per heavy atom. The predicted molar refractivity (Wildman–Crippen MR) is 30.5 cm³/mol. The van der Waals surface area contributed by atoms with Crippen LogP contribution in [0.2, 0.25) is 0 Å². The zero-order valence-corrected chi connectivity index (χ0v) is 4.96. The highest BCUT2D eigenvalue weighted by atomic mass is 16.6. The van der Waals surface area contributed by atoms with E-state index >= 15 is 0 Å². The van der Waals surface area contributed by atoms with Crippen LogP contribution in [0.25, 0.3) is 0 Å². The highest BCUT2D eigenvalue weighted by molar-refractivity contribution is 4.71. The minimum Gasteiger partial charge on any atom is -0.499 e. The van der Waals surface area contributed by atoms with Gasteiger partial charge in [-0.05, 0) is 6.92 Å². The van der Waals surface area contributed by atoms with Gasteiger partial charge >= 0.3 is 0 Å². The van der Waals surface area contributed by atoms with Crippen LogP contribution in [0, 0.1) is 0 Å². The van der Waals surface area contributed by atoms with Crippen molar-refractivity contribution in [2.75, 3.05) is 13.2 Å². The Morgan fingerprint density at radius 2 is 2.62 bits per heavy atom. The minimum absolute atomic E-state index is 0.381. The van der Waals surface area contributed by atoms with Gasteiger partial charge in [0.15, 0.2) is 0 Å². The van der Waals surface area contributed by atoms with Crippen molar-refractivity contribution in [2.24, 2.45) is 0 Å². The topological polar surface area (TPSA) is 21.8 Å². The van der Waals surface area contributed by atoms with E-state index in [4.69, 9.17) is 9.47 Å². The first kappa shape index (κ1) is 5.63. The molecule has 0 saturated carbocycles. The molecule has 0 aromatic carbocycles. The summed E-state index contributed by atoms with van der Waals surface area (Å²) in [4.78, 5) is 0. The van der Waals surface area contributed by atoms with Crippen molar-refractivity contribution in [1.29, 1.82) is 0 Å². The second-order valence-corrected chi connectivity index (χ2v) is 1.76. The van der Waals surface area contributed by atoms with Crippen LogP contribution in [0.5, 0.6) is 0 Å². The molecule has 0 N–H and O–H groups in total. The van der Waals surface area contributed by atoms with Crippen molar-refractivity contribution < 1.29 is 9.47 Å². The lowest BCUT2D eigenvalue weighted by atomic mass is 10.5. The first-order valence-electron chi connectivity index (χ1n) is 2.78. The lowest BCUT2D eigenvalue weighted by Gasteiger charge is -1.91. The van der Waals surface area contributed by atoms with E-state index in [0.29, 0.717) is 12.7 Å². The third-order valence-corrected chi connectivity index (χ3v) is 0.917. The molecule has 2 heteroatoms. The number of epoxide rings is 1. The molecule has 0 aliphatic carbocycles. The molecule has 0 aromatic heterocycles. The molecule has 1 aliphatic rings. The van der Waals surface area contributed by atoms with Crippen molar-refractivity contribution in [3.8, 4) is 0 Å². The predicted octanol–water partition coefficient (Wildman–Crippen LogP) is 0.935. The summed E-state index contributed by atoms with van der Waals surface area (Å²) in [5, 5.41) is 0. The summed E-state index contributed by atoms with van der Waals surface area (Å²) in [7, 11) is 0. The van der Waals surface area contributed by atoms with E-state index in [1.807, 2.05) is 13.0 Å². The molecule has 2 nitrogen and oxygen atoms in total. The zero-order valence-electron chi connectivity index (χ0n) is 4.96. The Bertz CT molecular complexity index is 84.5. The number of hydrogen-bond acceptors (Lipinski definition) is 2. The summed E-state index contributed by atoms with van der Waals surface area (Å²) in [6, 6.07) is 0. The first-order valence-corrected chi connectivity index (χ1v) is 2.78. The molecule has 1 atom stereocenters. The fourth-order valence-corrected chi connectivity index (χ4v) is 0.423. The Labute approximate surface area is 49.1 Å². The molecule has 46 valence electrons. The average molecular weight is 114 g/mol. The zero-order chi connectivity index (χ0) is 5.82. The summed E-state index contributed by atoms with van der Waals surface area (Å²) in [6.07, 6.45) is 3.93. The molecule has 1 aliphatic heterocycles. The Kier molecular flexibility index (Phi) is 1.92. The molecule has 0 aromatic rings. The molecule has 0 radical (unpaired) electrons. The van der Waals surface area contributed by atoms with Gasteiger partial charge in [-0.2, -0.15) is 0 Å². The van der Waals surface area contributed by atoms with Crippen LogP contribution >= 0.6 is 0 Å². The van der Waals surface area contributed by atoms with Crippen molar-refractivity contribution in [3.05, 3.63) is 12.3 Å². The van der Waals surface area contributed by atoms with E-state index in [0.717, 1.165) is 6.61 Å². The van der Waals surface area contributed by atoms with Crippen LogP contribution < -0.4 is 0 Å². The second kappa shape index (κ2) is 2.72. The number of allylic oxidation sites excluding steroid dienone is 1. The van der Waals surface area contributed by atoms with E-state index in [1.165, 1.54) is 0 Å². The molecule has 1 rings (SSSR count). The molecule has 0 bridgehead atoms. The van der Waals surface area contributed by atoms with Crippen LogP contribution in [0.15, 0.2) is 12.3 Å². The van der Waals surface area contributed by atoms with Gasteiger partial charge in [0.1, 0.15) is 12.7 Å². The van der Waals surface area contributed by atoms with E-state index in [1.54, 1.807) is 6.26 Å². The number of rotatable bonds is 3. The van der Waals surface area contributed by atoms with Crippen molar-refractivity contribution in [2.45, 2.75) is 13.0 Å². The van der Waals surface area contributed by atoms with Crippen LogP contribution in [-0.4, -0.2) is 19.3 Å². The van der Waals surface area contributed by atoms with E-state index in [9.17, 15) is 0 Å². The van der Waals surface area contributed by atoms with Gasteiger partial charge in [-0.15, -0.1) is 0 Å². The van der Waals surface area contributed by atoms with Gasteiger partial charge in [-0.3, -0.25) is 0 Å². The summed E-state index contributed by atoms with van der Waals surface area (Å²) < 4.78 is 9.90. The van der Waals surface area contributed by atoms with Gasteiger partial charge in [-0.25, -0.2) is 0 Å². The maximum atomic E-state index is 5.00. The quantitative estimate of drug-likeness (QED) is 0.402. The summed E-state index contributed by atoms with van der Waals surface area (Å²) in [6.45, 7) is 3.51. The molecular formula is C6H10O2. The lowest BCUT2D eigenvalue weighted by molar-refractivity contribution is 0.212. The molecule has 0 amide bonds. The van der Waals surface area contributed by atoms with Gasteiger partial charge in [0, 0.05) is 0 Å². The normalized spacial score (nSPS) is 26.4. The molecule has 1 unspecified atom stereocenters. The van der Waals surface area contributed by atoms with Gasteiger partial charge in [0.25, 0.3) is 0 Å². The summed E-state index contributed by atoms with van der Waals surface area (Å²) >= 11 is 0. The summed E-state index contributed by atoms with van der Waals surface area (Å²) in [5.41, 5.74) is 0. The fraction of sp³-hybridized carbons (Fsp3) is 0.667. The van der Waals surface area contributed by atoms with Crippen LogP contribution in [0.4, 0.5) is 0 Å². The lowest BCUT2D eigenvalue weighted by Crippen LogP contribution is -1.94. The second-order valence-electron chi connectivity index (χ2n) is 1.76. The standard InChI is InChI=1S/C6H10O2/c1-2-3-7-4-6-5-8-6/h2-3,6H,4-5H2,1H3. The monoisotopic (exact) mass is 114 g/mol. The highest BCUT2D eigenvalue weighted by Gasteiger charge is 2.21. The van der Waals surface area contributed by atoms with Crippen LogP contribution in [-0.2, 0) is 9.47 Å². The molecule has 1 heterocycles. The molecule has 1 fully saturated rings. The largest absolute Gasteiger partial charge is 0.499 e. The SMILES string of the molecule is CC=COCC1CO1. The highest BCUT2D eigenvalue weighted by Crippen LogP contribution is 2.08. The molecule has 1 saturated heterocycles. The average Bonchev–Trinajstić information content (AvgIpc) is 2.51. The van der Waals surface area contributed by atoms with Gasteiger partial charge in [0.2, 0.25) is 0 Å². The Balaban J connectivity index is 1.88. The van der Waals surface area contributed by atoms with Crippen LogP contribution in [0.1, 0.15) is 6.92 Å².